The Morgan fingerprint density at radius 3 is 2.42 bits per heavy atom. The molecule has 1 aliphatic rings. The summed E-state index contributed by atoms with van der Waals surface area (Å²) in [5, 5.41) is 5.89. The van der Waals surface area contributed by atoms with Crippen molar-refractivity contribution in [2.45, 2.75) is 39.3 Å². The van der Waals surface area contributed by atoms with Crippen LogP contribution >= 0.6 is 11.3 Å². The molecule has 0 radical (unpaired) electrons. The van der Waals surface area contributed by atoms with Gasteiger partial charge in [-0.25, -0.2) is 9.78 Å². The van der Waals surface area contributed by atoms with Gasteiger partial charge in [-0.2, -0.15) is 0 Å². The van der Waals surface area contributed by atoms with E-state index in [2.05, 4.69) is 10.3 Å². The molecule has 2 aromatic rings. The zero-order valence-electron chi connectivity index (χ0n) is 15.4. The van der Waals surface area contributed by atoms with Crippen LogP contribution in [0, 0.1) is 6.92 Å². The molecule has 1 aliphatic heterocycles. The number of ether oxygens (including phenoxy) is 1. The molecular weight excluding hydrogens is 350 g/mol. The van der Waals surface area contributed by atoms with Crippen LogP contribution in [0.25, 0.3) is 10.6 Å². The maximum absolute atomic E-state index is 12.3. The molecule has 26 heavy (non-hydrogen) atoms. The molecule has 1 fully saturated rings. The molecule has 0 atom stereocenters. The van der Waals surface area contributed by atoms with Gasteiger partial charge < -0.3 is 15.0 Å². The van der Waals surface area contributed by atoms with Crippen molar-refractivity contribution in [1.29, 1.82) is 0 Å². The molecule has 1 aromatic carbocycles. The van der Waals surface area contributed by atoms with Crippen LogP contribution < -0.4 is 5.32 Å². The maximum atomic E-state index is 12.3. The summed E-state index contributed by atoms with van der Waals surface area (Å²) in [6.45, 7) is 8.40. The Balaban J connectivity index is 1.51. The number of carbonyl (C=O) groups excluding carboxylic acids is 2. The van der Waals surface area contributed by atoms with E-state index in [9.17, 15) is 9.59 Å². The molecule has 2 amide bonds. The van der Waals surface area contributed by atoms with Crippen molar-refractivity contribution >= 4 is 23.3 Å². The summed E-state index contributed by atoms with van der Waals surface area (Å²) >= 11 is 1.59. The first-order valence-corrected chi connectivity index (χ1v) is 9.40. The number of hydrogen-bond donors (Lipinski definition) is 1. The number of nitrogens with zero attached hydrogens (tertiary/aromatic N) is 2. The van der Waals surface area contributed by atoms with Crippen molar-refractivity contribution in [3.8, 4) is 10.6 Å². The molecular formula is C19H23N3O3S. The van der Waals surface area contributed by atoms with Gasteiger partial charge in [-0.3, -0.25) is 4.79 Å². The minimum absolute atomic E-state index is 0.0451. The van der Waals surface area contributed by atoms with Crippen molar-refractivity contribution in [2.24, 2.45) is 0 Å². The van der Waals surface area contributed by atoms with Crippen molar-refractivity contribution in [1.82, 2.24) is 15.2 Å². The Morgan fingerprint density at radius 2 is 1.88 bits per heavy atom. The SMILES string of the molecule is Cc1csc(-c2ccc(C(=O)NC3CN(C(=O)OC(C)(C)C)C3)cc2)n1. The van der Waals surface area contributed by atoms with E-state index in [0.29, 0.717) is 18.7 Å². The van der Waals surface area contributed by atoms with Crippen LogP contribution in [0.5, 0.6) is 0 Å². The third kappa shape index (κ3) is 4.40. The van der Waals surface area contributed by atoms with Gasteiger partial charge in [-0.1, -0.05) is 12.1 Å². The van der Waals surface area contributed by atoms with Crippen LogP contribution in [0.2, 0.25) is 0 Å². The van der Waals surface area contributed by atoms with E-state index < -0.39 is 5.60 Å². The number of benzene rings is 1. The van der Waals surface area contributed by atoms with E-state index in [1.165, 1.54) is 0 Å². The smallest absolute Gasteiger partial charge is 0.410 e. The summed E-state index contributed by atoms with van der Waals surface area (Å²) in [7, 11) is 0. The van der Waals surface area contributed by atoms with Gasteiger partial charge in [0.1, 0.15) is 10.6 Å². The lowest BCUT2D eigenvalue weighted by molar-refractivity contribution is 0.00533. The largest absolute Gasteiger partial charge is 0.444 e. The molecule has 1 saturated heterocycles. The molecule has 0 aliphatic carbocycles. The average molecular weight is 373 g/mol. The Hall–Kier alpha value is -2.41. The van der Waals surface area contributed by atoms with E-state index in [1.807, 2.05) is 45.2 Å². The Labute approximate surface area is 157 Å². The molecule has 138 valence electrons. The molecule has 0 spiro atoms. The fourth-order valence-corrected chi connectivity index (χ4v) is 3.37. The standard InChI is InChI=1S/C19H23N3O3S/c1-12-11-26-17(20-12)14-7-5-13(6-8-14)16(23)21-15-9-22(10-15)18(24)25-19(2,3)4/h5-8,11,15H,9-10H2,1-4H3,(H,21,23). The molecule has 7 heteroatoms. The van der Waals surface area contributed by atoms with Gasteiger partial charge in [0.25, 0.3) is 5.91 Å². The first-order valence-electron chi connectivity index (χ1n) is 8.52. The third-order valence-electron chi connectivity index (χ3n) is 3.88. The summed E-state index contributed by atoms with van der Waals surface area (Å²) in [6.07, 6.45) is -0.342. The monoisotopic (exact) mass is 373 g/mol. The van der Waals surface area contributed by atoms with Crippen LogP contribution in [0.3, 0.4) is 0 Å². The number of aromatic nitrogens is 1. The highest BCUT2D eigenvalue weighted by Gasteiger charge is 2.34. The maximum Gasteiger partial charge on any atom is 0.410 e. The second-order valence-electron chi connectivity index (χ2n) is 7.43. The Kier molecular flexibility index (Phi) is 5.00. The highest BCUT2D eigenvalue weighted by Crippen LogP contribution is 2.24. The lowest BCUT2D eigenvalue weighted by Crippen LogP contribution is -2.61. The van der Waals surface area contributed by atoms with E-state index in [1.54, 1.807) is 28.4 Å². The van der Waals surface area contributed by atoms with Gasteiger partial charge in [-0.05, 0) is 39.8 Å². The van der Waals surface area contributed by atoms with Gasteiger partial charge in [-0.15, -0.1) is 11.3 Å². The first-order chi connectivity index (χ1) is 12.2. The number of likely N-dealkylation sites (tertiary alicyclic amines) is 1. The molecule has 1 aromatic heterocycles. The fourth-order valence-electron chi connectivity index (χ4n) is 2.56. The summed E-state index contributed by atoms with van der Waals surface area (Å²) in [5.74, 6) is -0.138. The molecule has 2 heterocycles. The number of rotatable bonds is 3. The number of aryl methyl sites for hydroxylation is 1. The third-order valence-corrected chi connectivity index (χ3v) is 4.89. The first kappa shape index (κ1) is 18.4. The van der Waals surface area contributed by atoms with Crippen molar-refractivity contribution in [3.63, 3.8) is 0 Å². The number of hydrogen-bond acceptors (Lipinski definition) is 5. The minimum atomic E-state index is -0.511. The Morgan fingerprint density at radius 1 is 1.23 bits per heavy atom. The molecule has 0 unspecified atom stereocenters. The average Bonchev–Trinajstić information content (AvgIpc) is 2.95. The fraction of sp³-hybridized carbons (Fsp3) is 0.421. The molecule has 3 rings (SSSR count). The van der Waals surface area contributed by atoms with Crippen LogP contribution in [-0.2, 0) is 4.74 Å². The minimum Gasteiger partial charge on any atom is -0.444 e. The highest BCUT2D eigenvalue weighted by molar-refractivity contribution is 7.13. The lowest BCUT2D eigenvalue weighted by atomic mass is 10.1. The zero-order valence-corrected chi connectivity index (χ0v) is 16.2. The highest BCUT2D eigenvalue weighted by atomic mass is 32.1. The van der Waals surface area contributed by atoms with E-state index in [-0.39, 0.29) is 18.0 Å². The quantitative estimate of drug-likeness (QED) is 0.894. The van der Waals surface area contributed by atoms with Crippen LogP contribution in [-0.4, -0.2) is 46.6 Å². The predicted molar refractivity (Wildman–Crippen MR) is 101 cm³/mol. The molecule has 0 bridgehead atoms. The van der Waals surface area contributed by atoms with Crippen molar-refractivity contribution in [3.05, 3.63) is 40.9 Å². The van der Waals surface area contributed by atoms with E-state index in [4.69, 9.17) is 4.74 Å². The van der Waals surface area contributed by atoms with Gasteiger partial charge in [0.2, 0.25) is 0 Å². The Bertz CT molecular complexity index is 802. The number of carbonyl (C=O) groups is 2. The van der Waals surface area contributed by atoms with Gasteiger partial charge in [0, 0.05) is 35.3 Å². The van der Waals surface area contributed by atoms with Crippen LogP contribution in [0.15, 0.2) is 29.6 Å². The van der Waals surface area contributed by atoms with Gasteiger partial charge in [0.05, 0.1) is 6.04 Å². The van der Waals surface area contributed by atoms with E-state index in [0.717, 1.165) is 16.3 Å². The summed E-state index contributed by atoms with van der Waals surface area (Å²) in [6, 6.07) is 7.36. The topological polar surface area (TPSA) is 71.5 Å². The van der Waals surface area contributed by atoms with Gasteiger partial charge >= 0.3 is 6.09 Å². The second-order valence-corrected chi connectivity index (χ2v) is 8.29. The van der Waals surface area contributed by atoms with Crippen molar-refractivity contribution < 1.29 is 14.3 Å². The zero-order chi connectivity index (χ0) is 18.9. The summed E-state index contributed by atoms with van der Waals surface area (Å²) < 4.78 is 5.31. The van der Waals surface area contributed by atoms with E-state index >= 15 is 0 Å². The summed E-state index contributed by atoms with van der Waals surface area (Å²) in [5.41, 5.74) is 2.08. The van der Waals surface area contributed by atoms with Crippen LogP contribution in [0.4, 0.5) is 4.79 Å². The number of nitrogens with one attached hydrogen (secondary N) is 1. The molecule has 6 nitrogen and oxygen atoms in total. The number of thiazole rings is 1. The summed E-state index contributed by atoms with van der Waals surface area (Å²) in [4.78, 5) is 30.3. The molecule has 1 N–H and O–H groups in total. The normalized spacial score (nSPS) is 14.7. The van der Waals surface area contributed by atoms with Crippen LogP contribution in [0.1, 0.15) is 36.8 Å². The predicted octanol–water partition coefficient (Wildman–Crippen LogP) is 3.47. The second kappa shape index (κ2) is 7.07. The lowest BCUT2D eigenvalue weighted by Gasteiger charge is -2.39. The number of amides is 2. The molecule has 0 saturated carbocycles. The van der Waals surface area contributed by atoms with Gasteiger partial charge in [0.15, 0.2) is 0 Å². The van der Waals surface area contributed by atoms with Crippen molar-refractivity contribution in [2.75, 3.05) is 13.1 Å².